The highest BCUT2D eigenvalue weighted by molar-refractivity contribution is 9.10. The highest BCUT2D eigenvalue weighted by Gasteiger charge is 2.06. The molecule has 2 rings (SSSR count). The van der Waals surface area contributed by atoms with Crippen LogP contribution in [-0.2, 0) is 0 Å². The first-order valence-electron chi connectivity index (χ1n) is 5.65. The molecule has 0 saturated heterocycles. The van der Waals surface area contributed by atoms with Gasteiger partial charge in [0.2, 0.25) is 0 Å². The molecule has 0 aromatic heterocycles. The molecule has 5 heteroatoms. The molecule has 2 aromatic carbocycles. The van der Waals surface area contributed by atoms with Gasteiger partial charge in [0.15, 0.2) is 0 Å². The molecule has 0 unspecified atom stereocenters. The Kier molecular flexibility index (Phi) is 4.16. The van der Waals surface area contributed by atoms with Gasteiger partial charge in [-0.2, -0.15) is 0 Å². The SMILES string of the molecule is Cc1c(Br)cccc1NC(=O)Nc1cccc(F)c1. The maximum absolute atomic E-state index is 13.0. The molecule has 0 atom stereocenters. The summed E-state index contributed by atoms with van der Waals surface area (Å²) < 4.78 is 13.9. The van der Waals surface area contributed by atoms with Crippen molar-refractivity contribution in [3.63, 3.8) is 0 Å². The molecule has 0 fully saturated rings. The zero-order chi connectivity index (χ0) is 13.8. The predicted molar refractivity (Wildman–Crippen MR) is 77.9 cm³/mol. The van der Waals surface area contributed by atoms with Crippen molar-refractivity contribution in [3.05, 3.63) is 58.3 Å². The highest BCUT2D eigenvalue weighted by Crippen LogP contribution is 2.23. The number of urea groups is 1. The number of benzene rings is 2. The maximum atomic E-state index is 13.0. The van der Waals surface area contributed by atoms with Crippen LogP contribution in [0.1, 0.15) is 5.56 Å². The van der Waals surface area contributed by atoms with Crippen LogP contribution in [0.25, 0.3) is 0 Å². The molecule has 0 bridgehead atoms. The third-order valence-corrected chi connectivity index (χ3v) is 3.46. The van der Waals surface area contributed by atoms with Gasteiger partial charge in [0.05, 0.1) is 0 Å². The van der Waals surface area contributed by atoms with E-state index < -0.39 is 11.8 Å². The Labute approximate surface area is 119 Å². The zero-order valence-electron chi connectivity index (χ0n) is 10.2. The summed E-state index contributed by atoms with van der Waals surface area (Å²) in [5, 5.41) is 5.29. The summed E-state index contributed by atoms with van der Waals surface area (Å²) in [4.78, 5) is 11.8. The van der Waals surface area contributed by atoms with Crippen molar-refractivity contribution in [1.29, 1.82) is 0 Å². The van der Waals surface area contributed by atoms with Crippen LogP contribution in [0.5, 0.6) is 0 Å². The summed E-state index contributed by atoms with van der Waals surface area (Å²) in [6.45, 7) is 1.89. The van der Waals surface area contributed by atoms with Gasteiger partial charge in [-0.05, 0) is 42.8 Å². The second-order valence-corrected chi connectivity index (χ2v) is 4.86. The molecular weight excluding hydrogens is 311 g/mol. The fourth-order valence-corrected chi connectivity index (χ4v) is 1.96. The second-order valence-electron chi connectivity index (χ2n) is 4.00. The van der Waals surface area contributed by atoms with E-state index in [1.165, 1.54) is 18.2 Å². The van der Waals surface area contributed by atoms with E-state index in [1.807, 2.05) is 19.1 Å². The van der Waals surface area contributed by atoms with Crippen LogP contribution in [0.3, 0.4) is 0 Å². The first-order chi connectivity index (χ1) is 9.06. The largest absolute Gasteiger partial charge is 0.323 e. The Balaban J connectivity index is 2.08. The van der Waals surface area contributed by atoms with Gasteiger partial charge in [-0.3, -0.25) is 0 Å². The van der Waals surface area contributed by atoms with Gasteiger partial charge < -0.3 is 10.6 Å². The van der Waals surface area contributed by atoms with Crippen LogP contribution >= 0.6 is 15.9 Å². The van der Waals surface area contributed by atoms with Crippen LogP contribution in [-0.4, -0.2) is 6.03 Å². The molecule has 0 aliphatic heterocycles. The molecule has 0 radical (unpaired) electrons. The smallest absolute Gasteiger partial charge is 0.308 e. The molecule has 2 N–H and O–H groups in total. The summed E-state index contributed by atoms with van der Waals surface area (Å²) in [6, 6.07) is 10.8. The highest BCUT2D eigenvalue weighted by atomic mass is 79.9. The van der Waals surface area contributed by atoms with Crippen molar-refractivity contribution in [1.82, 2.24) is 0 Å². The van der Waals surface area contributed by atoms with E-state index in [1.54, 1.807) is 12.1 Å². The van der Waals surface area contributed by atoms with E-state index in [-0.39, 0.29) is 0 Å². The van der Waals surface area contributed by atoms with Crippen LogP contribution in [0.4, 0.5) is 20.6 Å². The monoisotopic (exact) mass is 322 g/mol. The number of amides is 2. The quantitative estimate of drug-likeness (QED) is 0.837. The number of hydrogen-bond donors (Lipinski definition) is 2. The van der Waals surface area contributed by atoms with Gasteiger partial charge in [0.1, 0.15) is 5.82 Å². The third-order valence-electron chi connectivity index (χ3n) is 2.60. The van der Waals surface area contributed by atoms with Crippen molar-refractivity contribution in [2.24, 2.45) is 0 Å². The maximum Gasteiger partial charge on any atom is 0.323 e. The summed E-state index contributed by atoms with van der Waals surface area (Å²) >= 11 is 3.39. The van der Waals surface area contributed by atoms with Gasteiger partial charge in [-0.15, -0.1) is 0 Å². The van der Waals surface area contributed by atoms with Crippen molar-refractivity contribution < 1.29 is 9.18 Å². The summed E-state index contributed by atoms with van der Waals surface area (Å²) in [5.74, 6) is -0.392. The van der Waals surface area contributed by atoms with E-state index >= 15 is 0 Å². The van der Waals surface area contributed by atoms with Crippen LogP contribution in [0.2, 0.25) is 0 Å². The first kappa shape index (κ1) is 13.5. The van der Waals surface area contributed by atoms with Crippen molar-refractivity contribution in [2.45, 2.75) is 6.92 Å². The Morgan fingerprint density at radius 1 is 1.16 bits per heavy atom. The molecule has 0 saturated carbocycles. The molecule has 0 aliphatic rings. The van der Waals surface area contributed by atoms with Gasteiger partial charge >= 0.3 is 6.03 Å². The molecule has 98 valence electrons. The van der Waals surface area contributed by atoms with E-state index in [0.717, 1.165) is 10.0 Å². The minimum atomic E-state index is -0.410. The van der Waals surface area contributed by atoms with Gasteiger partial charge in [0, 0.05) is 15.8 Å². The molecule has 3 nitrogen and oxygen atoms in total. The molecule has 2 aromatic rings. The average molecular weight is 323 g/mol. The van der Waals surface area contributed by atoms with E-state index in [4.69, 9.17) is 0 Å². The molecular formula is C14H12BrFN2O. The lowest BCUT2D eigenvalue weighted by molar-refractivity contribution is 0.262. The fourth-order valence-electron chi connectivity index (χ4n) is 1.59. The van der Waals surface area contributed by atoms with E-state index in [0.29, 0.717) is 11.4 Å². The van der Waals surface area contributed by atoms with Crippen LogP contribution in [0.15, 0.2) is 46.9 Å². The Hall–Kier alpha value is -1.88. The summed E-state index contributed by atoms with van der Waals surface area (Å²) in [6.07, 6.45) is 0. The number of carbonyl (C=O) groups excluding carboxylic acids is 1. The van der Waals surface area contributed by atoms with Gasteiger partial charge in [-0.1, -0.05) is 28.1 Å². The first-order valence-corrected chi connectivity index (χ1v) is 6.44. The lowest BCUT2D eigenvalue weighted by Crippen LogP contribution is -2.20. The molecule has 2 amide bonds. The Morgan fingerprint density at radius 3 is 2.63 bits per heavy atom. The standard InChI is InChI=1S/C14H12BrFN2O/c1-9-12(15)6-3-7-13(9)18-14(19)17-11-5-2-4-10(16)8-11/h2-8H,1H3,(H2,17,18,19). The number of anilines is 2. The fraction of sp³-hybridized carbons (Fsp3) is 0.0714. The lowest BCUT2D eigenvalue weighted by Gasteiger charge is -2.10. The Morgan fingerprint density at radius 2 is 1.89 bits per heavy atom. The van der Waals surface area contributed by atoms with Crippen molar-refractivity contribution in [3.8, 4) is 0 Å². The van der Waals surface area contributed by atoms with Gasteiger partial charge in [0.25, 0.3) is 0 Å². The van der Waals surface area contributed by atoms with E-state index in [2.05, 4.69) is 26.6 Å². The van der Waals surface area contributed by atoms with Crippen LogP contribution in [0, 0.1) is 12.7 Å². The molecule has 0 spiro atoms. The van der Waals surface area contributed by atoms with Crippen molar-refractivity contribution >= 4 is 33.3 Å². The minimum Gasteiger partial charge on any atom is -0.308 e. The number of carbonyl (C=O) groups is 1. The third kappa shape index (κ3) is 3.54. The lowest BCUT2D eigenvalue weighted by atomic mass is 10.2. The number of hydrogen-bond acceptors (Lipinski definition) is 1. The summed E-state index contributed by atoms with van der Waals surface area (Å²) in [5.41, 5.74) is 2.03. The molecule has 19 heavy (non-hydrogen) atoms. The Bertz CT molecular complexity index is 616. The topological polar surface area (TPSA) is 41.1 Å². The number of rotatable bonds is 2. The van der Waals surface area contributed by atoms with Crippen LogP contribution < -0.4 is 10.6 Å². The minimum absolute atomic E-state index is 0.392. The van der Waals surface area contributed by atoms with Gasteiger partial charge in [-0.25, -0.2) is 9.18 Å². The van der Waals surface area contributed by atoms with E-state index in [9.17, 15) is 9.18 Å². The molecule has 0 heterocycles. The second kappa shape index (κ2) is 5.84. The summed E-state index contributed by atoms with van der Waals surface area (Å²) in [7, 11) is 0. The predicted octanol–water partition coefficient (Wildman–Crippen LogP) is 4.54. The number of halogens is 2. The van der Waals surface area contributed by atoms with Crippen molar-refractivity contribution in [2.75, 3.05) is 10.6 Å². The zero-order valence-corrected chi connectivity index (χ0v) is 11.8. The molecule has 0 aliphatic carbocycles. The normalized spacial score (nSPS) is 10.1. The number of nitrogens with one attached hydrogen (secondary N) is 2. The average Bonchev–Trinajstić information content (AvgIpc) is 2.35.